The molecule has 0 saturated carbocycles. The van der Waals surface area contributed by atoms with E-state index in [0.29, 0.717) is 6.61 Å². The monoisotopic (exact) mass is 134 g/mol. The summed E-state index contributed by atoms with van der Waals surface area (Å²) in [6.45, 7) is 8.00. The van der Waals surface area contributed by atoms with E-state index in [9.17, 15) is 0 Å². The van der Waals surface area contributed by atoms with Crippen LogP contribution in [-0.2, 0) is 4.74 Å². The van der Waals surface area contributed by atoms with Crippen molar-refractivity contribution in [3.63, 3.8) is 0 Å². The third-order valence-electron chi connectivity index (χ3n) is 0.700. The van der Waals surface area contributed by atoms with Gasteiger partial charge >= 0.3 is 0 Å². The molecule has 0 rings (SSSR count). The van der Waals surface area contributed by atoms with Gasteiger partial charge in [-0.05, 0) is 19.4 Å². The van der Waals surface area contributed by atoms with Crippen LogP contribution >= 0.6 is 11.6 Å². The zero-order valence-corrected chi connectivity index (χ0v) is 6.03. The smallest absolute Gasteiger partial charge is 0.152 e. The van der Waals surface area contributed by atoms with Crippen LogP contribution in [0.25, 0.3) is 0 Å². The third kappa shape index (κ3) is 3.05. The van der Waals surface area contributed by atoms with Gasteiger partial charge in [0.15, 0.2) is 5.56 Å². The van der Waals surface area contributed by atoms with Crippen molar-refractivity contribution in [3.05, 3.63) is 12.2 Å². The molecule has 1 nitrogen and oxygen atoms in total. The van der Waals surface area contributed by atoms with Crippen molar-refractivity contribution >= 4 is 11.6 Å². The Morgan fingerprint density at radius 2 is 2.38 bits per heavy atom. The molecule has 2 heteroatoms. The summed E-state index contributed by atoms with van der Waals surface area (Å²) in [5, 5.41) is 0. The Morgan fingerprint density at radius 1 is 1.88 bits per heavy atom. The fourth-order valence-corrected chi connectivity index (χ4v) is 0.415. The van der Waals surface area contributed by atoms with Crippen molar-refractivity contribution in [1.82, 2.24) is 0 Å². The van der Waals surface area contributed by atoms with Gasteiger partial charge in [0.2, 0.25) is 0 Å². The van der Waals surface area contributed by atoms with E-state index < -0.39 is 0 Å². The third-order valence-corrected chi connectivity index (χ3v) is 1.20. The van der Waals surface area contributed by atoms with Gasteiger partial charge < -0.3 is 4.74 Å². The van der Waals surface area contributed by atoms with Crippen LogP contribution < -0.4 is 0 Å². The van der Waals surface area contributed by atoms with Gasteiger partial charge in [0.25, 0.3) is 0 Å². The van der Waals surface area contributed by atoms with Gasteiger partial charge in [-0.2, -0.15) is 0 Å². The lowest BCUT2D eigenvalue weighted by Gasteiger charge is -2.06. The number of rotatable bonds is 3. The van der Waals surface area contributed by atoms with Crippen LogP contribution in [-0.4, -0.2) is 12.2 Å². The minimum Gasteiger partial charge on any atom is -0.359 e. The molecule has 1 unspecified atom stereocenters. The molecule has 1 atom stereocenters. The summed E-state index contributed by atoms with van der Waals surface area (Å²) < 4.78 is 4.97. The highest BCUT2D eigenvalue weighted by molar-refractivity contribution is 6.21. The standard InChI is InChI=1S/C6H11ClO/c1-4-8-6(7)5(2)3/h6H,2,4H2,1,3H3. The van der Waals surface area contributed by atoms with Crippen molar-refractivity contribution in [2.24, 2.45) is 0 Å². The van der Waals surface area contributed by atoms with E-state index in [-0.39, 0.29) is 5.56 Å². The van der Waals surface area contributed by atoms with E-state index in [1.807, 2.05) is 13.8 Å². The van der Waals surface area contributed by atoms with Crippen molar-refractivity contribution in [2.45, 2.75) is 19.4 Å². The first-order valence-corrected chi connectivity index (χ1v) is 3.03. The highest BCUT2D eigenvalue weighted by Crippen LogP contribution is 2.06. The molecule has 0 radical (unpaired) electrons. The molecular formula is C6H11ClO. The predicted molar refractivity (Wildman–Crippen MR) is 36.1 cm³/mol. The molecule has 0 aromatic rings. The van der Waals surface area contributed by atoms with Crippen LogP contribution in [0.3, 0.4) is 0 Å². The summed E-state index contributed by atoms with van der Waals surface area (Å²) in [7, 11) is 0. The first-order valence-electron chi connectivity index (χ1n) is 2.59. The topological polar surface area (TPSA) is 9.23 Å². The molecule has 0 saturated heterocycles. The van der Waals surface area contributed by atoms with E-state index in [1.165, 1.54) is 0 Å². The highest BCUT2D eigenvalue weighted by Gasteiger charge is 2.00. The fourth-order valence-electron chi connectivity index (χ4n) is 0.289. The lowest BCUT2D eigenvalue weighted by molar-refractivity contribution is 0.142. The summed E-state index contributed by atoms with van der Waals surface area (Å²) in [4.78, 5) is 0. The Hall–Kier alpha value is -0.0100. The zero-order valence-electron chi connectivity index (χ0n) is 5.28. The molecule has 0 spiro atoms. The second kappa shape index (κ2) is 3.93. The number of ether oxygens (including phenoxy) is 1. The summed E-state index contributed by atoms with van der Waals surface area (Å²) >= 11 is 5.59. The Kier molecular flexibility index (Phi) is 3.92. The number of alkyl halides is 1. The van der Waals surface area contributed by atoms with Crippen molar-refractivity contribution in [2.75, 3.05) is 6.61 Å². The van der Waals surface area contributed by atoms with Crippen molar-refractivity contribution < 1.29 is 4.74 Å². The molecule has 0 bridgehead atoms. The van der Waals surface area contributed by atoms with Gasteiger partial charge in [0.05, 0.1) is 0 Å². The summed E-state index contributed by atoms with van der Waals surface area (Å²) in [5.74, 6) is 0. The molecule has 0 heterocycles. The maximum absolute atomic E-state index is 5.59. The molecule has 0 amide bonds. The normalized spacial score (nSPS) is 13.4. The van der Waals surface area contributed by atoms with Crippen LogP contribution in [0.5, 0.6) is 0 Å². The summed E-state index contributed by atoms with van der Waals surface area (Å²) in [6, 6.07) is 0. The second-order valence-electron chi connectivity index (χ2n) is 1.62. The molecule has 0 N–H and O–H groups in total. The Labute approximate surface area is 55.3 Å². The summed E-state index contributed by atoms with van der Waals surface area (Å²) in [5.41, 5.74) is 0.550. The second-order valence-corrected chi connectivity index (χ2v) is 2.01. The molecule has 0 aliphatic rings. The molecule has 0 aromatic heterocycles. The largest absolute Gasteiger partial charge is 0.359 e. The number of hydrogen-bond donors (Lipinski definition) is 0. The SMILES string of the molecule is C=C(C)C(Cl)OCC. The van der Waals surface area contributed by atoms with Gasteiger partial charge in [0.1, 0.15) is 0 Å². The molecule has 0 aliphatic carbocycles. The maximum Gasteiger partial charge on any atom is 0.152 e. The molecule has 0 fully saturated rings. The number of hydrogen-bond acceptors (Lipinski definition) is 1. The first kappa shape index (κ1) is 7.99. The Bertz CT molecular complexity index is 80.6. The van der Waals surface area contributed by atoms with Crippen molar-refractivity contribution in [3.8, 4) is 0 Å². The summed E-state index contributed by atoms with van der Waals surface area (Å²) in [6.07, 6.45) is 0. The average Bonchev–Trinajstić information content (AvgIpc) is 1.67. The van der Waals surface area contributed by atoms with E-state index >= 15 is 0 Å². The van der Waals surface area contributed by atoms with Crippen LogP contribution in [0, 0.1) is 0 Å². The van der Waals surface area contributed by atoms with Gasteiger partial charge in [-0.3, -0.25) is 0 Å². The minimum atomic E-state index is -0.306. The van der Waals surface area contributed by atoms with E-state index in [4.69, 9.17) is 16.3 Å². The van der Waals surface area contributed by atoms with Crippen LogP contribution in [0.15, 0.2) is 12.2 Å². The fraction of sp³-hybridized carbons (Fsp3) is 0.667. The zero-order chi connectivity index (χ0) is 6.57. The van der Waals surface area contributed by atoms with Crippen LogP contribution in [0.4, 0.5) is 0 Å². The molecular weight excluding hydrogens is 124 g/mol. The highest BCUT2D eigenvalue weighted by atomic mass is 35.5. The lowest BCUT2D eigenvalue weighted by Crippen LogP contribution is -2.04. The predicted octanol–water partition coefficient (Wildman–Crippen LogP) is 2.16. The molecule has 0 aromatic carbocycles. The molecule has 0 aliphatic heterocycles. The van der Waals surface area contributed by atoms with E-state index in [0.717, 1.165) is 5.57 Å². The Balaban J connectivity index is 3.32. The van der Waals surface area contributed by atoms with E-state index in [1.54, 1.807) is 0 Å². The van der Waals surface area contributed by atoms with Crippen LogP contribution in [0.1, 0.15) is 13.8 Å². The Morgan fingerprint density at radius 3 is 2.50 bits per heavy atom. The minimum absolute atomic E-state index is 0.306. The quantitative estimate of drug-likeness (QED) is 0.425. The van der Waals surface area contributed by atoms with Gasteiger partial charge in [-0.1, -0.05) is 18.2 Å². The van der Waals surface area contributed by atoms with Crippen LogP contribution in [0.2, 0.25) is 0 Å². The first-order chi connectivity index (χ1) is 3.68. The lowest BCUT2D eigenvalue weighted by atomic mass is 10.4. The van der Waals surface area contributed by atoms with E-state index in [2.05, 4.69) is 6.58 Å². The number of halogens is 1. The molecule has 48 valence electrons. The van der Waals surface area contributed by atoms with Gasteiger partial charge in [0, 0.05) is 6.61 Å². The average molecular weight is 135 g/mol. The van der Waals surface area contributed by atoms with Gasteiger partial charge in [-0.15, -0.1) is 0 Å². The molecule has 8 heavy (non-hydrogen) atoms. The van der Waals surface area contributed by atoms with Crippen molar-refractivity contribution in [1.29, 1.82) is 0 Å². The maximum atomic E-state index is 5.59. The van der Waals surface area contributed by atoms with Gasteiger partial charge in [-0.25, -0.2) is 0 Å².